The van der Waals surface area contributed by atoms with E-state index >= 15 is 0 Å². The lowest BCUT2D eigenvalue weighted by atomic mass is 10.1. The molecule has 0 fully saturated rings. The van der Waals surface area contributed by atoms with Gasteiger partial charge in [0.05, 0.1) is 19.0 Å². The minimum atomic E-state index is -3.79. The molecule has 2 heterocycles. The van der Waals surface area contributed by atoms with E-state index in [1.807, 2.05) is 73.7 Å². The molecule has 0 spiro atoms. The number of nitrogens with zero attached hydrogens (tertiary/aromatic N) is 4. The predicted molar refractivity (Wildman–Crippen MR) is 156 cm³/mol. The number of imidazole rings is 1. The van der Waals surface area contributed by atoms with Crippen LogP contribution in [0.2, 0.25) is 0 Å². The van der Waals surface area contributed by atoms with Gasteiger partial charge in [-0.1, -0.05) is 66.7 Å². The largest absolute Gasteiger partial charge is 0.460 e. The molecule has 0 aliphatic rings. The highest BCUT2D eigenvalue weighted by Crippen LogP contribution is 2.46. The number of esters is 1. The van der Waals surface area contributed by atoms with E-state index in [2.05, 4.69) is 20.0 Å². The molecular weight excluding hydrogens is 543 g/mol. The van der Waals surface area contributed by atoms with Crippen molar-refractivity contribution in [3.8, 4) is 5.75 Å². The summed E-state index contributed by atoms with van der Waals surface area (Å²) in [5, 5.41) is 4.58. The first kappa shape index (κ1) is 28.2. The Bertz CT molecular complexity index is 1690. The molecule has 3 N–H and O–H groups in total. The summed E-state index contributed by atoms with van der Waals surface area (Å²) in [5.41, 5.74) is 7.80. The quantitative estimate of drug-likeness (QED) is 0.156. The van der Waals surface area contributed by atoms with Gasteiger partial charge >= 0.3 is 13.5 Å². The summed E-state index contributed by atoms with van der Waals surface area (Å²) in [6.45, 7) is 3.87. The maximum Gasteiger partial charge on any atom is 0.342 e. The van der Waals surface area contributed by atoms with Gasteiger partial charge in [0.25, 0.3) is 0 Å². The first-order chi connectivity index (χ1) is 19.8. The summed E-state index contributed by atoms with van der Waals surface area (Å²) >= 11 is 0. The Balaban J connectivity index is 1.31. The van der Waals surface area contributed by atoms with Crippen LogP contribution in [-0.4, -0.2) is 44.0 Å². The van der Waals surface area contributed by atoms with E-state index in [1.54, 1.807) is 23.9 Å². The van der Waals surface area contributed by atoms with Crippen molar-refractivity contribution >= 4 is 41.2 Å². The van der Waals surface area contributed by atoms with Gasteiger partial charge in [-0.05, 0) is 30.9 Å². The van der Waals surface area contributed by atoms with Gasteiger partial charge < -0.3 is 24.3 Å². The normalized spacial score (nSPS) is 14.4. The third-order valence-corrected chi connectivity index (χ3v) is 8.14. The number of nitrogen functional groups attached to an aromatic ring is 1. The van der Waals surface area contributed by atoms with Crippen LogP contribution in [0.1, 0.15) is 19.4 Å². The van der Waals surface area contributed by atoms with Crippen LogP contribution in [0.25, 0.3) is 21.9 Å². The summed E-state index contributed by atoms with van der Waals surface area (Å²) in [6, 6.07) is 21.5. The Morgan fingerprint density at radius 1 is 1.00 bits per heavy atom. The zero-order valence-electron chi connectivity index (χ0n) is 22.7. The molecule has 5 rings (SSSR count). The van der Waals surface area contributed by atoms with Crippen LogP contribution in [0, 0.1) is 0 Å². The van der Waals surface area contributed by atoms with Gasteiger partial charge in [-0.15, -0.1) is 0 Å². The molecule has 41 heavy (non-hydrogen) atoms. The van der Waals surface area contributed by atoms with Crippen LogP contribution in [0.15, 0.2) is 85.5 Å². The number of nitrogens with two attached hydrogens (primary N) is 1. The SMILES string of the molecule is C[C@H](Cn1cnc2c(N)ncnc21)OCP(=O)(N[C@@H](C)C(=O)OCc1ccccc1)Oc1cccc2ccccc12. The molecule has 2 aromatic heterocycles. The molecule has 0 saturated heterocycles. The predicted octanol–water partition coefficient (Wildman–Crippen LogP) is 4.92. The molecule has 212 valence electrons. The van der Waals surface area contributed by atoms with Crippen molar-refractivity contribution in [2.24, 2.45) is 0 Å². The molecule has 1 unspecified atom stereocenters. The number of aromatic nitrogens is 4. The van der Waals surface area contributed by atoms with Crippen LogP contribution in [0.4, 0.5) is 5.82 Å². The molecule has 0 amide bonds. The van der Waals surface area contributed by atoms with E-state index in [-0.39, 0.29) is 18.8 Å². The topological polar surface area (TPSA) is 143 Å². The summed E-state index contributed by atoms with van der Waals surface area (Å²) < 4.78 is 33.6. The lowest BCUT2D eigenvalue weighted by Gasteiger charge is -2.25. The number of hydrogen-bond acceptors (Lipinski definition) is 9. The molecule has 11 nitrogen and oxygen atoms in total. The van der Waals surface area contributed by atoms with Crippen molar-refractivity contribution in [2.45, 2.75) is 39.1 Å². The van der Waals surface area contributed by atoms with E-state index in [0.717, 1.165) is 16.3 Å². The van der Waals surface area contributed by atoms with Crippen LogP contribution >= 0.6 is 7.52 Å². The molecule has 12 heteroatoms. The fourth-order valence-electron chi connectivity index (χ4n) is 4.31. The lowest BCUT2D eigenvalue weighted by Crippen LogP contribution is -2.36. The van der Waals surface area contributed by atoms with Crippen LogP contribution in [0.3, 0.4) is 0 Å². The fraction of sp³-hybridized carbons (Fsp3) is 0.241. The smallest absolute Gasteiger partial charge is 0.342 e. The second kappa shape index (κ2) is 12.5. The summed E-state index contributed by atoms with van der Waals surface area (Å²) in [6.07, 6.45) is 2.24. The average molecular weight is 575 g/mol. The molecule has 0 radical (unpaired) electrons. The average Bonchev–Trinajstić information content (AvgIpc) is 3.39. The molecule has 5 aromatic rings. The molecule has 0 aliphatic heterocycles. The number of fused-ring (bicyclic) bond motifs is 2. The third-order valence-electron chi connectivity index (χ3n) is 6.38. The monoisotopic (exact) mass is 574 g/mol. The van der Waals surface area contributed by atoms with Crippen molar-refractivity contribution in [1.82, 2.24) is 24.6 Å². The van der Waals surface area contributed by atoms with Gasteiger partial charge in [0.2, 0.25) is 0 Å². The van der Waals surface area contributed by atoms with Crippen LogP contribution in [0.5, 0.6) is 5.75 Å². The second-order valence-corrected chi connectivity index (χ2v) is 11.7. The number of hydrogen-bond donors (Lipinski definition) is 2. The van der Waals surface area contributed by atoms with E-state index in [9.17, 15) is 9.36 Å². The Hall–Kier alpha value is -4.31. The summed E-state index contributed by atoms with van der Waals surface area (Å²) in [4.78, 5) is 25.3. The Labute approximate surface area is 237 Å². The number of rotatable bonds is 12. The number of carbonyl (C=O) groups excluding carboxylic acids is 1. The zero-order chi connectivity index (χ0) is 28.8. The third kappa shape index (κ3) is 6.89. The number of carbonyl (C=O) groups is 1. The van der Waals surface area contributed by atoms with Gasteiger partial charge in [-0.25, -0.2) is 20.0 Å². The molecule has 0 aliphatic carbocycles. The molecule has 3 aromatic carbocycles. The highest BCUT2D eigenvalue weighted by molar-refractivity contribution is 7.57. The summed E-state index contributed by atoms with van der Waals surface area (Å²) in [7, 11) is -3.79. The van der Waals surface area contributed by atoms with Gasteiger partial charge in [0.15, 0.2) is 11.5 Å². The number of benzene rings is 3. The summed E-state index contributed by atoms with van der Waals surface area (Å²) in [5.74, 6) is 0.131. The van der Waals surface area contributed by atoms with Crippen LogP contribution < -0.4 is 15.3 Å². The number of nitrogens with one attached hydrogen (secondary N) is 1. The maximum absolute atomic E-state index is 14.3. The van der Waals surface area contributed by atoms with Crippen LogP contribution in [-0.2, 0) is 32.0 Å². The van der Waals surface area contributed by atoms with Crippen molar-refractivity contribution in [3.63, 3.8) is 0 Å². The highest BCUT2D eigenvalue weighted by Gasteiger charge is 2.32. The van der Waals surface area contributed by atoms with Crippen molar-refractivity contribution in [1.29, 1.82) is 0 Å². The number of ether oxygens (including phenoxy) is 2. The first-order valence-electron chi connectivity index (χ1n) is 13.1. The molecule has 0 saturated carbocycles. The number of anilines is 1. The Morgan fingerprint density at radius 3 is 2.59 bits per heavy atom. The highest BCUT2D eigenvalue weighted by atomic mass is 31.2. The maximum atomic E-state index is 14.3. The van der Waals surface area contributed by atoms with Crippen molar-refractivity contribution < 1.29 is 23.4 Å². The van der Waals surface area contributed by atoms with Gasteiger partial charge in [0, 0.05) is 5.39 Å². The van der Waals surface area contributed by atoms with Gasteiger partial charge in [-0.3, -0.25) is 9.36 Å². The molecular formula is C29H31N6O5P. The minimum Gasteiger partial charge on any atom is -0.460 e. The Kier molecular flexibility index (Phi) is 8.58. The van der Waals surface area contributed by atoms with Crippen molar-refractivity contribution in [3.05, 3.63) is 91.0 Å². The fourth-order valence-corrected chi connectivity index (χ4v) is 6.12. The van der Waals surface area contributed by atoms with Gasteiger partial charge in [-0.2, -0.15) is 0 Å². The molecule has 0 bridgehead atoms. The zero-order valence-corrected chi connectivity index (χ0v) is 23.6. The van der Waals surface area contributed by atoms with E-state index < -0.39 is 25.6 Å². The van der Waals surface area contributed by atoms with Crippen molar-refractivity contribution in [2.75, 3.05) is 12.1 Å². The minimum absolute atomic E-state index is 0.0979. The standard InChI is InChI=1S/C29H31N6O5P/c1-20(15-35-18-33-26-27(30)31-17-32-28(26)35)39-19-41(37,40-25-14-8-12-23-11-6-7-13-24(23)25)34-21(2)29(36)38-16-22-9-4-3-5-10-22/h3-14,17-18,20-21H,15-16,19H2,1-2H3,(H,34,37)(H2,30,31,32)/t20-,21+,41?/m1/s1. The first-order valence-corrected chi connectivity index (χ1v) is 14.9. The van der Waals surface area contributed by atoms with E-state index in [4.69, 9.17) is 19.7 Å². The lowest BCUT2D eigenvalue weighted by molar-refractivity contribution is -0.146. The van der Waals surface area contributed by atoms with Gasteiger partial charge in [0.1, 0.15) is 36.6 Å². The van der Waals surface area contributed by atoms with E-state index in [1.165, 1.54) is 6.33 Å². The molecule has 3 atom stereocenters. The van der Waals surface area contributed by atoms with E-state index in [0.29, 0.717) is 23.5 Å². The second-order valence-electron chi connectivity index (χ2n) is 9.62. The Morgan fingerprint density at radius 2 is 1.76 bits per heavy atom.